The molecule has 0 atom stereocenters. The maximum atomic E-state index is 5.54. The van der Waals surface area contributed by atoms with Gasteiger partial charge in [0.15, 0.2) is 0 Å². The number of fused-ring (bicyclic) bond motifs is 8. The Labute approximate surface area is 297 Å². The lowest BCUT2D eigenvalue weighted by Crippen LogP contribution is -2.04. The van der Waals surface area contributed by atoms with Gasteiger partial charge in [-0.2, -0.15) is 0 Å². The van der Waals surface area contributed by atoms with Gasteiger partial charge in [-0.1, -0.05) is 146 Å². The summed E-state index contributed by atoms with van der Waals surface area (Å²) in [5, 5.41) is 10.7. The average molecular weight is 661 g/mol. The van der Waals surface area contributed by atoms with Crippen molar-refractivity contribution in [2.75, 3.05) is 0 Å². The van der Waals surface area contributed by atoms with Gasteiger partial charge in [-0.05, 0) is 40.6 Å². The minimum atomic E-state index is 0.658. The maximum absolute atomic E-state index is 5.54. The molecule has 4 aromatic heterocycles. The highest BCUT2D eigenvalue weighted by atomic mass is 15.2. The Balaban J connectivity index is 1.36. The monoisotopic (exact) mass is 660 g/mol. The van der Waals surface area contributed by atoms with Crippen LogP contribution in [0.15, 0.2) is 170 Å². The molecule has 4 heterocycles. The Bertz CT molecular complexity index is 3390. The fraction of sp³-hybridized carbons (Fsp3) is 0. The van der Waals surface area contributed by atoms with Crippen molar-refractivity contribution in [3.8, 4) is 28.3 Å². The summed E-state index contributed by atoms with van der Waals surface area (Å²) in [7, 11) is 0. The first-order chi connectivity index (χ1) is 25.8. The predicted octanol–water partition coefficient (Wildman–Crippen LogP) is 12.4. The Kier molecular flexibility index (Phi) is 5.47. The maximum Gasteiger partial charge on any atom is 0.235 e. The molecule has 12 aromatic rings. The van der Waals surface area contributed by atoms with Crippen LogP contribution in [-0.2, 0) is 0 Å². The Morgan fingerprint density at radius 2 is 1.02 bits per heavy atom. The first kappa shape index (κ1) is 27.7. The number of hydrogen-bond donors (Lipinski definition) is 0. The van der Waals surface area contributed by atoms with Crippen LogP contribution in [0.2, 0.25) is 0 Å². The van der Waals surface area contributed by atoms with E-state index in [1.54, 1.807) is 0 Å². The zero-order chi connectivity index (χ0) is 33.9. The van der Waals surface area contributed by atoms with Crippen LogP contribution in [0.1, 0.15) is 0 Å². The van der Waals surface area contributed by atoms with Gasteiger partial charge in [0.05, 0.1) is 38.8 Å². The van der Waals surface area contributed by atoms with Crippen LogP contribution in [0, 0.1) is 0 Å². The largest absolute Gasteiger partial charge is 0.308 e. The van der Waals surface area contributed by atoms with Crippen LogP contribution >= 0.6 is 0 Å². The summed E-state index contributed by atoms with van der Waals surface area (Å²) in [6.07, 6.45) is 0. The minimum absolute atomic E-state index is 0.658. The molecule has 4 nitrogen and oxygen atoms in total. The summed E-state index contributed by atoms with van der Waals surface area (Å²) in [6, 6.07) is 61.1. The van der Waals surface area contributed by atoms with Crippen LogP contribution in [0.5, 0.6) is 0 Å². The number of para-hydroxylation sites is 2. The van der Waals surface area contributed by atoms with E-state index in [0.717, 1.165) is 60.6 Å². The number of nitrogens with zero attached hydrogens (tertiary/aromatic N) is 4. The van der Waals surface area contributed by atoms with E-state index in [-0.39, 0.29) is 0 Å². The normalized spacial score (nSPS) is 12.2. The Morgan fingerprint density at radius 3 is 1.87 bits per heavy atom. The molecule has 52 heavy (non-hydrogen) atoms. The van der Waals surface area contributed by atoms with Gasteiger partial charge in [0.1, 0.15) is 0 Å². The van der Waals surface area contributed by atoms with Gasteiger partial charge in [-0.3, -0.25) is 4.57 Å². The second-order valence-corrected chi connectivity index (χ2v) is 13.7. The molecule has 4 heteroatoms. The molecule has 8 aromatic carbocycles. The molecule has 0 fully saturated rings. The molecule has 0 spiro atoms. The highest BCUT2D eigenvalue weighted by molar-refractivity contribution is 6.32. The molecule has 0 saturated heterocycles. The Morgan fingerprint density at radius 1 is 0.365 bits per heavy atom. The summed E-state index contributed by atoms with van der Waals surface area (Å²) in [5.74, 6) is 0.658. The topological polar surface area (TPSA) is 35.1 Å². The van der Waals surface area contributed by atoms with Crippen molar-refractivity contribution in [3.63, 3.8) is 0 Å². The Hall–Kier alpha value is -7.04. The van der Waals surface area contributed by atoms with E-state index in [2.05, 4.69) is 179 Å². The van der Waals surface area contributed by atoms with Crippen molar-refractivity contribution in [3.05, 3.63) is 170 Å². The first-order valence-electron chi connectivity index (χ1n) is 17.8. The van der Waals surface area contributed by atoms with Gasteiger partial charge < -0.3 is 4.40 Å². The molecule has 0 N–H and O–H groups in total. The third kappa shape index (κ3) is 3.60. The molecule has 12 rings (SSSR count). The van der Waals surface area contributed by atoms with Crippen LogP contribution in [-0.4, -0.2) is 18.9 Å². The number of benzene rings is 8. The fourth-order valence-electron chi connectivity index (χ4n) is 8.89. The fourth-order valence-corrected chi connectivity index (χ4v) is 8.89. The predicted molar refractivity (Wildman–Crippen MR) is 217 cm³/mol. The molecule has 0 saturated carbocycles. The third-order valence-corrected chi connectivity index (χ3v) is 11.1. The molecule has 240 valence electrons. The van der Waals surface area contributed by atoms with Gasteiger partial charge in [-0.15, -0.1) is 0 Å². The van der Waals surface area contributed by atoms with Gasteiger partial charge in [0.25, 0.3) is 0 Å². The molecule has 0 unspecified atom stereocenters. The van der Waals surface area contributed by atoms with E-state index in [0.29, 0.717) is 5.95 Å². The van der Waals surface area contributed by atoms with E-state index < -0.39 is 0 Å². The number of aromatic nitrogens is 4. The summed E-state index contributed by atoms with van der Waals surface area (Å²) in [6.45, 7) is 0. The van der Waals surface area contributed by atoms with Gasteiger partial charge in [0.2, 0.25) is 5.95 Å². The van der Waals surface area contributed by atoms with Crippen molar-refractivity contribution in [1.29, 1.82) is 0 Å². The smallest absolute Gasteiger partial charge is 0.235 e. The standard InChI is InChI=1S/C48H28N4/c1-3-13-29(14-4-1)33-27-28-41-43-42-35(37-22-11-21-36-34-19-9-10-23-39(34)51(41)46(36)37)20-12-24-40(42)52(47(33)43)48-49-44(31-16-5-2-6-17-31)38-26-25-30-15-7-8-18-32(30)45(38)50-48/h1-28H. The van der Waals surface area contributed by atoms with E-state index >= 15 is 0 Å². The SMILES string of the molecule is c1ccc(-c2nc(-n3c4cccc5c6cccc7c8ccccc8n(c8ccc(-c9ccccc9)c3c8c54)c67)nc3c2ccc2ccccc23)cc1. The average Bonchev–Trinajstić information content (AvgIpc) is 3.70. The highest BCUT2D eigenvalue weighted by Crippen LogP contribution is 2.46. The minimum Gasteiger partial charge on any atom is -0.308 e. The number of rotatable bonds is 3. The lowest BCUT2D eigenvalue weighted by atomic mass is 9.99. The molecule has 0 radical (unpaired) electrons. The quantitative estimate of drug-likeness (QED) is 0.177. The van der Waals surface area contributed by atoms with E-state index in [1.807, 2.05) is 0 Å². The first-order valence-corrected chi connectivity index (χ1v) is 17.8. The molecular formula is C48H28N4. The lowest BCUT2D eigenvalue weighted by Gasteiger charge is -2.15. The van der Waals surface area contributed by atoms with E-state index in [4.69, 9.17) is 9.97 Å². The van der Waals surface area contributed by atoms with Crippen LogP contribution in [0.3, 0.4) is 0 Å². The van der Waals surface area contributed by atoms with Gasteiger partial charge >= 0.3 is 0 Å². The van der Waals surface area contributed by atoms with Crippen LogP contribution < -0.4 is 0 Å². The molecule has 0 amide bonds. The zero-order valence-corrected chi connectivity index (χ0v) is 28.0. The van der Waals surface area contributed by atoms with Crippen LogP contribution in [0.25, 0.3) is 110 Å². The molecule has 0 bridgehead atoms. The second-order valence-electron chi connectivity index (χ2n) is 13.7. The summed E-state index contributed by atoms with van der Waals surface area (Å²) in [5.41, 5.74) is 11.0. The summed E-state index contributed by atoms with van der Waals surface area (Å²) >= 11 is 0. The van der Waals surface area contributed by atoms with Crippen molar-refractivity contribution < 1.29 is 0 Å². The van der Waals surface area contributed by atoms with Crippen molar-refractivity contribution >= 4 is 81.6 Å². The van der Waals surface area contributed by atoms with Gasteiger partial charge in [-0.25, -0.2) is 9.97 Å². The second kappa shape index (κ2) is 10.3. The zero-order valence-electron chi connectivity index (χ0n) is 28.0. The van der Waals surface area contributed by atoms with Crippen molar-refractivity contribution in [1.82, 2.24) is 18.9 Å². The molecule has 0 aliphatic rings. The van der Waals surface area contributed by atoms with Crippen molar-refractivity contribution in [2.24, 2.45) is 0 Å². The number of hydrogen-bond acceptors (Lipinski definition) is 2. The van der Waals surface area contributed by atoms with Gasteiger partial charge in [0, 0.05) is 48.8 Å². The molecular weight excluding hydrogens is 633 g/mol. The summed E-state index contributed by atoms with van der Waals surface area (Å²) in [4.78, 5) is 11.1. The third-order valence-electron chi connectivity index (χ3n) is 11.1. The summed E-state index contributed by atoms with van der Waals surface area (Å²) < 4.78 is 4.83. The van der Waals surface area contributed by atoms with E-state index in [1.165, 1.54) is 43.4 Å². The van der Waals surface area contributed by atoms with Crippen LogP contribution in [0.4, 0.5) is 0 Å². The lowest BCUT2D eigenvalue weighted by molar-refractivity contribution is 1.02. The van der Waals surface area contributed by atoms with E-state index in [9.17, 15) is 0 Å². The molecule has 0 aliphatic heterocycles. The molecule has 0 aliphatic carbocycles. The van der Waals surface area contributed by atoms with Crippen molar-refractivity contribution in [2.45, 2.75) is 0 Å². The highest BCUT2D eigenvalue weighted by Gasteiger charge is 2.26.